The van der Waals surface area contributed by atoms with E-state index in [2.05, 4.69) is 36.4 Å². The van der Waals surface area contributed by atoms with Gasteiger partial charge in [-0.25, -0.2) is 0 Å². The van der Waals surface area contributed by atoms with Crippen molar-refractivity contribution in [2.45, 2.75) is 25.7 Å². The molecule has 0 fully saturated rings. The highest BCUT2D eigenvalue weighted by molar-refractivity contribution is 5.15. The molecule has 0 aliphatic carbocycles. The Morgan fingerprint density at radius 1 is 1.00 bits per heavy atom. The van der Waals surface area contributed by atoms with Gasteiger partial charge in [0.15, 0.2) is 0 Å². The van der Waals surface area contributed by atoms with Crippen molar-refractivity contribution >= 4 is 0 Å². The molecule has 0 spiro atoms. The largest absolute Gasteiger partial charge is 0.396 e. The van der Waals surface area contributed by atoms with Crippen LogP contribution in [0.5, 0.6) is 0 Å². The zero-order valence-corrected chi connectivity index (χ0v) is 8.52. The molecule has 1 heteroatoms. The highest BCUT2D eigenvalue weighted by Crippen LogP contribution is 2.03. The van der Waals surface area contributed by atoms with Crippen LogP contribution < -0.4 is 0 Å². The van der Waals surface area contributed by atoms with Crippen molar-refractivity contribution in [2.75, 3.05) is 6.61 Å². The van der Waals surface area contributed by atoms with Crippen molar-refractivity contribution in [3.05, 3.63) is 48.0 Å². The Balaban J connectivity index is 2.12. The van der Waals surface area contributed by atoms with Gasteiger partial charge in [0.25, 0.3) is 0 Å². The van der Waals surface area contributed by atoms with E-state index in [0.717, 1.165) is 25.7 Å². The van der Waals surface area contributed by atoms with Gasteiger partial charge >= 0.3 is 0 Å². The summed E-state index contributed by atoms with van der Waals surface area (Å²) in [5, 5.41) is 8.57. The highest BCUT2D eigenvalue weighted by Gasteiger charge is 1.87. The third kappa shape index (κ3) is 4.83. The second-order valence-corrected chi connectivity index (χ2v) is 3.36. The van der Waals surface area contributed by atoms with Gasteiger partial charge in [0.2, 0.25) is 0 Å². The van der Waals surface area contributed by atoms with E-state index >= 15 is 0 Å². The van der Waals surface area contributed by atoms with Crippen molar-refractivity contribution in [1.82, 2.24) is 0 Å². The smallest absolute Gasteiger partial charge is 0.0433 e. The molecule has 0 aliphatic heterocycles. The van der Waals surface area contributed by atoms with Gasteiger partial charge in [-0.1, -0.05) is 42.5 Å². The minimum atomic E-state index is 0.295. The van der Waals surface area contributed by atoms with Crippen LogP contribution in [-0.2, 0) is 6.42 Å². The quantitative estimate of drug-likeness (QED) is 0.540. The molecule has 1 nitrogen and oxygen atoms in total. The van der Waals surface area contributed by atoms with E-state index in [9.17, 15) is 0 Å². The molecular formula is C13H18O. The first-order chi connectivity index (χ1) is 6.93. The Morgan fingerprint density at radius 3 is 2.43 bits per heavy atom. The van der Waals surface area contributed by atoms with Crippen LogP contribution in [-0.4, -0.2) is 11.7 Å². The number of hydrogen-bond acceptors (Lipinski definition) is 1. The van der Waals surface area contributed by atoms with Crippen LogP contribution >= 0.6 is 0 Å². The summed E-state index contributed by atoms with van der Waals surface area (Å²) in [7, 11) is 0. The lowest BCUT2D eigenvalue weighted by molar-refractivity contribution is 0.289. The number of aliphatic hydroxyl groups excluding tert-OH is 1. The Labute approximate surface area is 86.1 Å². The number of aryl methyl sites for hydroxylation is 1. The normalized spacial score (nSPS) is 10.9. The van der Waals surface area contributed by atoms with Crippen molar-refractivity contribution in [3.8, 4) is 0 Å². The Hall–Kier alpha value is -1.08. The second kappa shape index (κ2) is 7.34. The lowest BCUT2D eigenvalue weighted by atomic mass is 10.1. The third-order valence-electron chi connectivity index (χ3n) is 2.14. The Bertz CT molecular complexity index is 251. The van der Waals surface area contributed by atoms with E-state index < -0.39 is 0 Å². The molecule has 0 unspecified atom stereocenters. The molecule has 0 aromatic heterocycles. The molecule has 0 atom stereocenters. The summed E-state index contributed by atoms with van der Waals surface area (Å²) in [5.74, 6) is 0. The first-order valence-corrected chi connectivity index (χ1v) is 5.23. The maximum absolute atomic E-state index is 8.57. The van der Waals surface area contributed by atoms with Crippen LogP contribution in [0.15, 0.2) is 42.5 Å². The molecule has 0 amide bonds. The topological polar surface area (TPSA) is 20.2 Å². The number of benzene rings is 1. The van der Waals surface area contributed by atoms with E-state index in [-0.39, 0.29) is 0 Å². The van der Waals surface area contributed by atoms with Gasteiger partial charge in [0.1, 0.15) is 0 Å². The number of allylic oxidation sites excluding steroid dienone is 2. The second-order valence-electron chi connectivity index (χ2n) is 3.36. The molecular weight excluding hydrogens is 172 g/mol. The van der Waals surface area contributed by atoms with Crippen molar-refractivity contribution in [1.29, 1.82) is 0 Å². The summed E-state index contributed by atoms with van der Waals surface area (Å²) in [6, 6.07) is 10.5. The molecule has 0 heterocycles. The van der Waals surface area contributed by atoms with Crippen molar-refractivity contribution in [2.24, 2.45) is 0 Å². The third-order valence-corrected chi connectivity index (χ3v) is 2.14. The fourth-order valence-electron chi connectivity index (χ4n) is 1.34. The Kier molecular flexibility index (Phi) is 5.76. The van der Waals surface area contributed by atoms with E-state index in [4.69, 9.17) is 5.11 Å². The van der Waals surface area contributed by atoms with E-state index in [1.54, 1.807) is 0 Å². The van der Waals surface area contributed by atoms with E-state index in [1.807, 2.05) is 6.07 Å². The summed E-state index contributed by atoms with van der Waals surface area (Å²) >= 11 is 0. The SMILES string of the molecule is OCCC/C=C/CCc1ccccc1. The van der Waals surface area contributed by atoms with Crippen LogP contribution in [0.4, 0.5) is 0 Å². The molecule has 1 rings (SSSR count). The predicted octanol–water partition coefficient (Wildman–Crippen LogP) is 2.95. The molecule has 0 saturated carbocycles. The lowest BCUT2D eigenvalue weighted by Gasteiger charge is -1.96. The zero-order valence-electron chi connectivity index (χ0n) is 8.52. The van der Waals surface area contributed by atoms with E-state index in [1.165, 1.54) is 5.56 Å². The minimum Gasteiger partial charge on any atom is -0.396 e. The van der Waals surface area contributed by atoms with Crippen LogP contribution in [0.25, 0.3) is 0 Å². The predicted molar refractivity (Wildman–Crippen MR) is 60.2 cm³/mol. The number of rotatable bonds is 6. The molecule has 0 aliphatic rings. The summed E-state index contributed by atoms with van der Waals surface area (Å²) in [5.41, 5.74) is 1.39. The Morgan fingerprint density at radius 2 is 1.71 bits per heavy atom. The molecule has 14 heavy (non-hydrogen) atoms. The van der Waals surface area contributed by atoms with Crippen LogP contribution in [0.1, 0.15) is 24.8 Å². The fraction of sp³-hybridized carbons (Fsp3) is 0.385. The average molecular weight is 190 g/mol. The van der Waals surface area contributed by atoms with Gasteiger partial charge in [-0.2, -0.15) is 0 Å². The van der Waals surface area contributed by atoms with Gasteiger partial charge in [0, 0.05) is 6.61 Å². The van der Waals surface area contributed by atoms with Gasteiger partial charge in [-0.05, 0) is 31.2 Å². The molecule has 76 valence electrons. The lowest BCUT2D eigenvalue weighted by Crippen LogP contribution is -1.82. The zero-order chi connectivity index (χ0) is 10.1. The van der Waals surface area contributed by atoms with Gasteiger partial charge in [-0.15, -0.1) is 0 Å². The highest BCUT2D eigenvalue weighted by atomic mass is 16.2. The number of aliphatic hydroxyl groups is 1. The van der Waals surface area contributed by atoms with Crippen molar-refractivity contribution in [3.63, 3.8) is 0 Å². The van der Waals surface area contributed by atoms with Gasteiger partial charge in [-0.3, -0.25) is 0 Å². The number of hydrogen-bond donors (Lipinski definition) is 1. The molecule has 1 N–H and O–H groups in total. The molecule has 0 bridgehead atoms. The molecule has 1 aromatic carbocycles. The van der Waals surface area contributed by atoms with Gasteiger partial charge < -0.3 is 5.11 Å². The van der Waals surface area contributed by atoms with Gasteiger partial charge in [0.05, 0.1) is 0 Å². The summed E-state index contributed by atoms with van der Waals surface area (Å²) in [4.78, 5) is 0. The van der Waals surface area contributed by atoms with Crippen LogP contribution in [0.2, 0.25) is 0 Å². The summed E-state index contributed by atoms with van der Waals surface area (Å²) in [6.45, 7) is 0.295. The number of unbranched alkanes of at least 4 members (excludes halogenated alkanes) is 1. The first kappa shape index (κ1) is 11.0. The van der Waals surface area contributed by atoms with E-state index in [0.29, 0.717) is 6.61 Å². The minimum absolute atomic E-state index is 0.295. The molecule has 1 aromatic rings. The van der Waals surface area contributed by atoms with Crippen LogP contribution in [0, 0.1) is 0 Å². The summed E-state index contributed by atoms with van der Waals surface area (Å²) in [6.07, 6.45) is 8.42. The molecule has 0 radical (unpaired) electrons. The maximum atomic E-state index is 8.57. The molecule has 0 saturated heterocycles. The summed E-state index contributed by atoms with van der Waals surface area (Å²) < 4.78 is 0. The average Bonchev–Trinajstić information content (AvgIpc) is 2.25. The van der Waals surface area contributed by atoms with Crippen LogP contribution in [0.3, 0.4) is 0 Å². The van der Waals surface area contributed by atoms with Crippen molar-refractivity contribution < 1.29 is 5.11 Å². The first-order valence-electron chi connectivity index (χ1n) is 5.23. The fourth-order valence-corrected chi connectivity index (χ4v) is 1.34. The monoisotopic (exact) mass is 190 g/mol. The maximum Gasteiger partial charge on any atom is 0.0433 e. The standard InChI is InChI=1S/C13H18O/c14-12-8-3-1-2-5-9-13-10-6-4-7-11-13/h1-2,4,6-7,10-11,14H,3,5,8-9,12H2/b2-1+.